The lowest BCUT2D eigenvalue weighted by Crippen LogP contribution is -2.72. The summed E-state index contributed by atoms with van der Waals surface area (Å²) in [5.74, 6) is 0.0860. The van der Waals surface area contributed by atoms with Gasteiger partial charge >= 0.3 is 5.97 Å². The summed E-state index contributed by atoms with van der Waals surface area (Å²) in [6.45, 7) is 6.14. The van der Waals surface area contributed by atoms with Gasteiger partial charge in [-0.2, -0.15) is 5.26 Å². The number of esters is 1. The van der Waals surface area contributed by atoms with Gasteiger partial charge in [-0.3, -0.25) is 0 Å². The Labute approximate surface area is 185 Å². The lowest BCUT2D eigenvalue weighted by Gasteiger charge is -2.61. The van der Waals surface area contributed by atoms with Gasteiger partial charge in [0.05, 0.1) is 24.8 Å². The molecule has 2 aliphatic heterocycles. The quantitative estimate of drug-likeness (QED) is 0.454. The van der Waals surface area contributed by atoms with Crippen molar-refractivity contribution >= 4 is 27.6 Å². The third-order valence-electron chi connectivity index (χ3n) is 5.77. The molecule has 0 bridgehead atoms. The lowest BCUT2D eigenvalue weighted by atomic mass is 9.72. The van der Waals surface area contributed by atoms with Crippen molar-refractivity contribution in [1.29, 1.82) is 5.26 Å². The van der Waals surface area contributed by atoms with Crippen molar-refractivity contribution in [2.75, 3.05) is 51.3 Å². The first kappa shape index (κ1) is 20.7. The number of halogens is 1. The van der Waals surface area contributed by atoms with Crippen LogP contribution in [0.4, 0.5) is 5.69 Å². The number of likely N-dealkylation sites (tertiary alicyclic amines) is 1. The highest BCUT2D eigenvalue weighted by molar-refractivity contribution is 9.10. The van der Waals surface area contributed by atoms with Gasteiger partial charge in [0.25, 0.3) is 0 Å². The van der Waals surface area contributed by atoms with Crippen LogP contribution in [0.25, 0.3) is 0 Å². The van der Waals surface area contributed by atoms with Crippen molar-refractivity contribution in [2.45, 2.75) is 6.42 Å². The molecule has 2 aliphatic rings. The second-order valence-corrected chi connectivity index (χ2v) is 8.97. The Hall–Kier alpha value is -2.56. The third kappa shape index (κ3) is 4.30. The highest BCUT2D eigenvalue weighted by Gasteiger charge is 2.51. The number of anilines is 1. The molecule has 0 saturated carbocycles. The minimum absolute atomic E-state index is 0.260. The second-order valence-electron chi connectivity index (χ2n) is 8.06. The summed E-state index contributed by atoms with van der Waals surface area (Å²) in [6.07, 6.45) is 0.924. The van der Waals surface area contributed by atoms with Crippen LogP contribution in [0.15, 0.2) is 46.9 Å². The molecule has 2 fully saturated rings. The number of hydrogen-bond acceptors (Lipinski definition) is 6. The Morgan fingerprint density at radius 1 is 1.17 bits per heavy atom. The van der Waals surface area contributed by atoms with E-state index >= 15 is 0 Å². The molecule has 6 nitrogen and oxygen atoms in total. The van der Waals surface area contributed by atoms with Gasteiger partial charge in [0.2, 0.25) is 0 Å². The van der Waals surface area contributed by atoms with Gasteiger partial charge in [0, 0.05) is 48.3 Å². The van der Waals surface area contributed by atoms with Crippen molar-refractivity contribution in [3.63, 3.8) is 0 Å². The molecule has 0 aliphatic carbocycles. The maximum Gasteiger partial charge on any atom is 0.339 e. The molecule has 0 unspecified atom stereocenters. The van der Waals surface area contributed by atoms with Gasteiger partial charge in [0.1, 0.15) is 11.8 Å². The first-order chi connectivity index (χ1) is 14.5. The number of benzene rings is 2. The molecule has 0 amide bonds. The van der Waals surface area contributed by atoms with Gasteiger partial charge < -0.3 is 19.3 Å². The van der Waals surface area contributed by atoms with Gasteiger partial charge in [-0.25, -0.2) is 4.79 Å². The zero-order chi connectivity index (χ0) is 21.1. The van der Waals surface area contributed by atoms with Gasteiger partial charge in [-0.1, -0.05) is 15.9 Å². The molecule has 2 aromatic rings. The summed E-state index contributed by atoms with van der Waals surface area (Å²) in [7, 11) is 1.30. The Morgan fingerprint density at radius 2 is 1.90 bits per heavy atom. The van der Waals surface area contributed by atoms with E-state index in [0.717, 1.165) is 43.6 Å². The lowest BCUT2D eigenvalue weighted by molar-refractivity contribution is -0.0236. The largest absolute Gasteiger partial charge is 0.494 e. The van der Waals surface area contributed by atoms with E-state index in [1.165, 1.54) is 12.8 Å². The van der Waals surface area contributed by atoms with Crippen LogP contribution in [0.2, 0.25) is 0 Å². The maximum absolute atomic E-state index is 11.7. The smallest absolute Gasteiger partial charge is 0.339 e. The number of hydrogen-bond donors (Lipinski definition) is 0. The summed E-state index contributed by atoms with van der Waals surface area (Å²) in [5.41, 5.74) is 2.28. The Kier molecular flexibility index (Phi) is 5.98. The molecule has 2 aromatic carbocycles. The standard InChI is InChI=1S/C23H24BrN3O3/c1-29-22(28)21-8-7-20(11-17(21)12-25)30-10-2-9-26-13-23(14-26)15-27(16-23)19-5-3-18(24)4-6-19/h3-8,11H,2,9-10,13-16H2,1H3. The van der Waals surface area contributed by atoms with Crippen LogP contribution in [0, 0.1) is 16.7 Å². The van der Waals surface area contributed by atoms with Crippen LogP contribution in [0.5, 0.6) is 5.75 Å². The molecule has 0 radical (unpaired) electrons. The molecule has 1 spiro atoms. The number of rotatable bonds is 7. The van der Waals surface area contributed by atoms with Crippen LogP contribution < -0.4 is 9.64 Å². The topological polar surface area (TPSA) is 65.8 Å². The fourth-order valence-electron chi connectivity index (χ4n) is 4.33. The molecule has 30 heavy (non-hydrogen) atoms. The van der Waals surface area contributed by atoms with E-state index in [2.05, 4.69) is 54.7 Å². The molecule has 0 atom stereocenters. The Morgan fingerprint density at radius 3 is 2.57 bits per heavy atom. The molecule has 156 valence electrons. The second kappa shape index (κ2) is 8.66. The average Bonchev–Trinajstić information content (AvgIpc) is 2.71. The van der Waals surface area contributed by atoms with Crippen molar-refractivity contribution in [3.05, 3.63) is 58.1 Å². The molecule has 4 rings (SSSR count). The summed E-state index contributed by atoms with van der Waals surface area (Å²) in [6, 6.07) is 15.4. The monoisotopic (exact) mass is 469 g/mol. The van der Waals surface area contributed by atoms with E-state index in [1.54, 1.807) is 18.2 Å². The number of ether oxygens (including phenoxy) is 2. The van der Waals surface area contributed by atoms with Crippen molar-refractivity contribution in [1.82, 2.24) is 4.90 Å². The summed E-state index contributed by atoms with van der Waals surface area (Å²) >= 11 is 3.49. The zero-order valence-electron chi connectivity index (χ0n) is 16.9. The van der Waals surface area contributed by atoms with Crippen molar-refractivity contribution in [2.24, 2.45) is 5.41 Å². The van der Waals surface area contributed by atoms with E-state index in [4.69, 9.17) is 4.74 Å². The Bertz CT molecular complexity index is 957. The van der Waals surface area contributed by atoms with Gasteiger partial charge in [-0.05, 0) is 48.9 Å². The molecule has 7 heteroatoms. The molecule has 2 heterocycles. The van der Waals surface area contributed by atoms with Crippen LogP contribution in [-0.2, 0) is 4.74 Å². The summed E-state index contributed by atoms with van der Waals surface area (Å²) in [5, 5.41) is 9.23. The first-order valence-corrected chi connectivity index (χ1v) is 10.8. The fourth-order valence-corrected chi connectivity index (χ4v) is 4.59. The predicted octanol–water partition coefficient (Wildman–Crippen LogP) is 3.70. The van der Waals surface area contributed by atoms with E-state index in [9.17, 15) is 10.1 Å². The first-order valence-electron chi connectivity index (χ1n) is 10.0. The summed E-state index contributed by atoms with van der Waals surface area (Å²) < 4.78 is 11.6. The minimum atomic E-state index is -0.514. The molecular formula is C23H24BrN3O3. The number of nitriles is 1. The van der Waals surface area contributed by atoms with Gasteiger partial charge in [-0.15, -0.1) is 0 Å². The average molecular weight is 470 g/mol. The number of methoxy groups -OCH3 is 1. The highest BCUT2D eigenvalue weighted by atomic mass is 79.9. The molecule has 2 saturated heterocycles. The normalized spacial score (nSPS) is 17.0. The molecular weight excluding hydrogens is 446 g/mol. The predicted molar refractivity (Wildman–Crippen MR) is 118 cm³/mol. The zero-order valence-corrected chi connectivity index (χ0v) is 18.5. The van der Waals surface area contributed by atoms with E-state index in [1.807, 2.05) is 6.07 Å². The SMILES string of the molecule is COC(=O)c1ccc(OCCCN2CC3(C2)CN(c2ccc(Br)cc2)C3)cc1C#N. The summed E-state index contributed by atoms with van der Waals surface area (Å²) in [4.78, 5) is 16.6. The van der Waals surface area contributed by atoms with Crippen molar-refractivity contribution < 1.29 is 14.3 Å². The fraction of sp³-hybridized carbons (Fsp3) is 0.391. The van der Waals surface area contributed by atoms with Gasteiger partial charge in [0.15, 0.2) is 0 Å². The Balaban J connectivity index is 1.16. The minimum Gasteiger partial charge on any atom is -0.494 e. The number of carbonyl (C=O) groups is 1. The van der Waals surface area contributed by atoms with Crippen LogP contribution in [-0.4, -0.2) is 57.3 Å². The van der Waals surface area contributed by atoms with Crippen LogP contribution >= 0.6 is 15.9 Å². The maximum atomic E-state index is 11.7. The number of nitrogens with zero attached hydrogens (tertiary/aromatic N) is 3. The molecule has 0 aromatic heterocycles. The van der Waals surface area contributed by atoms with E-state index < -0.39 is 5.97 Å². The highest BCUT2D eigenvalue weighted by Crippen LogP contribution is 2.41. The van der Waals surface area contributed by atoms with Crippen LogP contribution in [0.1, 0.15) is 22.3 Å². The van der Waals surface area contributed by atoms with E-state index in [0.29, 0.717) is 17.8 Å². The third-order valence-corrected chi connectivity index (χ3v) is 6.30. The van der Waals surface area contributed by atoms with Crippen molar-refractivity contribution in [3.8, 4) is 11.8 Å². The molecule has 0 N–H and O–H groups in total. The number of carbonyl (C=O) groups excluding carboxylic acids is 1. The van der Waals surface area contributed by atoms with Crippen LogP contribution in [0.3, 0.4) is 0 Å². The van der Waals surface area contributed by atoms with E-state index in [-0.39, 0.29) is 11.1 Å².